The molecule has 0 bridgehead atoms. The standard InChI is InChI=1S/C32H42ClN5O4/c1-20-15-24(9-10-25(20)33)35-30(41)26(13-14-34)36-31(42)27-16-21-7-5-6-8-22(21)17-38(27)29(40)12-11-28(39)37-18-23(19-37)32(2,3)4/h5-10,15,23,26-27H,11-14,16-19,34H2,1-4H3,(H,35,41)(H,36,42)/t26-,27-/m0/s1. The number of nitrogens with one attached hydrogen (secondary N) is 2. The van der Waals surface area contributed by atoms with Crippen LogP contribution in [0.3, 0.4) is 0 Å². The molecule has 0 spiro atoms. The number of amides is 4. The Balaban J connectivity index is 1.43. The van der Waals surface area contributed by atoms with Gasteiger partial charge in [-0.05, 0) is 66.1 Å². The number of nitrogens with zero attached hydrogens (tertiary/aromatic N) is 2. The molecule has 2 aliphatic heterocycles. The highest BCUT2D eigenvalue weighted by Crippen LogP contribution is 2.34. The Kier molecular flexibility index (Phi) is 9.94. The van der Waals surface area contributed by atoms with Crippen molar-refractivity contribution in [2.24, 2.45) is 17.1 Å². The summed E-state index contributed by atoms with van der Waals surface area (Å²) in [6, 6.07) is 11.1. The molecule has 0 radical (unpaired) electrons. The fourth-order valence-corrected chi connectivity index (χ4v) is 5.54. The molecule has 9 nitrogen and oxygen atoms in total. The van der Waals surface area contributed by atoms with E-state index in [4.69, 9.17) is 17.3 Å². The molecule has 4 amide bonds. The smallest absolute Gasteiger partial charge is 0.246 e. The van der Waals surface area contributed by atoms with E-state index in [1.807, 2.05) is 31.2 Å². The Morgan fingerprint density at radius 3 is 2.33 bits per heavy atom. The number of carbonyl (C=O) groups excluding carboxylic acids is 4. The molecule has 226 valence electrons. The Bertz CT molecular complexity index is 1330. The zero-order valence-corrected chi connectivity index (χ0v) is 25.7. The normalized spacial score (nSPS) is 17.6. The third-order valence-electron chi connectivity index (χ3n) is 8.40. The van der Waals surface area contributed by atoms with Gasteiger partial charge in [0.1, 0.15) is 12.1 Å². The van der Waals surface area contributed by atoms with Crippen molar-refractivity contribution in [1.29, 1.82) is 0 Å². The number of hydrogen-bond donors (Lipinski definition) is 3. The summed E-state index contributed by atoms with van der Waals surface area (Å²) in [4.78, 5) is 56.5. The molecule has 2 aromatic rings. The minimum Gasteiger partial charge on any atom is -0.342 e. The van der Waals surface area contributed by atoms with Gasteiger partial charge in [-0.3, -0.25) is 19.2 Å². The van der Waals surface area contributed by atoms with E-state index in [-0.39, 0.29) is 49.6 Å². The molecule has 1 fully saturated rings. The van der Waals surface area contributed by atoms with Crippen LogP contribution in [0, 0.1) is 18.3 Å². The molecular formula is C32H42ClN5O4. The molecule has 4 rings (SSSR count). The lowest BCUT2D eigenvalue weighted by atomic mass is 9.76. The van der Waals surface area contributed by atoms with Gasteiger partial charge in [0.05, 0.1) is 0 Å². The summed E-state index contributed by atoms with van der Waals surface area (Å²) in [6.45, 7) is 10.2. The average molecular weight is 596 g/mol. The van der Waals surface area contributed by atoms with Gasteiger partial charge in [0.25, 0.3) is 0 Å². The van der Waals surface area contributed by atoms with Crippen molar-refractivity contribution in [3.63, 3.8) is 0 Å². The summed E-state index contributed by atoms with van der Waals surface area (Å²) in [5.41, 5.74) is 9.24. The van der Waals surface area contributed by atoms with Crippen LogP contribution in [0.4, 0.5) is 5.69 Å². The summed E-state index contributed by atoms with van der Waals surface area (Å²) >= 11 is 6.11. The maximum atomic E-state index is 13.7. The first-order valence-corrected chi connectivity index (χ1v) is 15.0. The highest BCUT2D eigenvalue weighted by atomic mass is 35.5. The van der Waals surface area contributed by atoms with Crippen LogP contribution in [0.15, 0.2) is 42.5 Å². The Labute approximate surface area is 253 Å². The summed E-state index contributed by atoms with van der Waals surface area (Å²) in [6.07, 6.45) is 0.653. The van der Waals surface area contributed by atoms with Crippen LogP contribution in [0.2, 0.25) is 5.02 Å². The van der Waals surface area contributed by atoms with Gasteiger partial charge in [-0.15, -0.1) is 0 Å². The summed E-state index contributed by atoms with van der Waals surface area (Å²) < 4.78 is 0. The highest BCUT2D eigenvalue weighted by molar-refractivity contribution is 6.31. The van der Waals surface area contributed by atoms with Crippen LogP contribution in [0.25, 0.3) is 0 Å². The maximum Gasteiger partial charge on any atom is 0.246 e. The SMILES string of the molecule is Cc1cc(NC(=O)[C@H](CCN)NC(=O)[C@@H]2Cc3ccccc3CN2C(=O)CCC(=O)N2CC(C(C)(C)C)C2)ccc1Cl. The number of fused-ring (bicyclic) bond motifs is 1. The minimum absolute atomic E-state index is 0.0180. The Morgan fingerprint density at radius 2 is 1.69 bits per heavy atom. The number of nitrogens with two attached hydrogens (primary N) is 1. The van der Waals surface area contributed by atoms with E-state index in [2.05, 4.69) is 31.4 Å². The van der Waals surface area contributed by atoms with Crippen molar-refractivity contribution in [3.8, 4) is 0 Å². The monoisotopic (exact) mass is 595 g/mol. The van der Waals surface area contributed by atoms with Crippen molar-refractivity contribution in [1.82, 2.24) is 15.1 Å². The van der Waals surface area contributed by atoms with Crippen LogP contribution in [0.1, 0.15) is 56.7 Å². The van der Waals surface area contributed by atoms with E-state index < -0.39 is 23.9 Å². The number of aryl methyl sites for hydroxylation is 1. The third-order valence-corrected chi connectivity index (χ3v) is 8.82. The van der Waals surface area contributed by atoms with E-state index >= 15 is 0 Å². The number of halogens is 1. The molecule has 2 heterocycles. The molecule has 2 aromatic carbocycles. The van der Waals surface area contributed by atoms with E-state index in [1.54, 1.807) is 28.0 Å². The number of hydrogen-bond acceptors (Lipinski definition) is 5. The van der Waals surface area contributed by atoms with Gasteiger partial charge < -0.3 is 26.2 Å². The molecule has 0 saturated carbocycles. The second-order valence-corrected chi connectivity index (χ2v) is 12.9. The van der Waals surface area contributed by atoms with Gasteiger partial charge in [-0.1, -0.05) is 56.6 Å². The lowest BCUT2D eigenvalue weighted by molar-refractivity contribution is -0.146. The zero-order chi connectivity index (χ0) is 30.6. The fourth-order valence-electron chi connectivity index (χ4n) is 5.42. The van der Waals surface area contributed by atoms with E-state index in [0.29, 0.717) is 36.1 Å². The van der Waals surface area contributed by atoms with Crippen LogP contribution in [-0.4, -0.2) is 65.1 Å². The van der Waals surface area contributed by atoms with E-state index in [1.165, 1.54) is 0 Å². The van der Waals surface area contributed by atoms with E-state index in [0.717, 1.165) is 16.7 Å². The van der Waals surface area contributed by atoms with Crippen LogP contribution in [-0.2, 0) is 32.1 Å². The van der Waals surface area contributed by atoms with Crippen molar-refractivity contribution in [2.45, 2.75) is 72.0 Å². The number of anilines is 1. The number of likely N-dealkylation sites (tertiary alicyclic amines) is 1. The summed E-state index contributed by atoms with van der Waals surface area (Å²) in [7, 11) is 0. The van der Waals surface area contributed by atoms with Crippen LogP contribution >= 0.6 is 11.6 Å². The predicted octanol–water partition coefficient (Wildman–Crippen LogP) is 3.66. The zero-order valence-electron chi connectivity index (χ0n) is 24.9. The molecule has 0 aliphatic carbocycles. The van der Waals surface area contributed by atoms with Gasteiger partial charge in [-0.2, -0.15) is 0 Å². The third kappa shape index (κ3) is 7.50. The first kappa shape index (κ1) is 31.5. The molecule has 42 heavy (non-hydrogen) atoms. The lowest BCUT2D eigenvalue weighted by Gasteiger charge is -2.46. The second-order valence-electron chi connectivity index (χ2n) is 12.5. The van der Waals surface area contributed by atoms with Gasteiger partial charge >= 0.3 is 0 Å². The van der Waals surface area contributed by atoms with Gasteiger partial charge in [-0.25, -0.2) is 0 Å². The average Bonchev–Trinajstić information content (AvgIpc) is 2.91. The highest BCUT2D eigenvalue weighted by Gasteiger charge is 2.39. The quantitative estimate of drug-likeness (QED) is 0.408. The van der Waals surface area contributed by atoms with E-state index in [9.17, 15) is 19.2 Å². The second kappa shape index (κ2) is 13.3. The number of carbonyl (C=O) groups is 4. The van der Waals surface area contributed by atoms with Crippen molar-refractivity contribution in [2.75, 3.05) is 25.0 Å². The van der Waals surface area contributed by atoms with Gasteiger partial charge in [0.2, 0.25) is 23.6 Å². The molecule has 4 N–H and O–H groups in total. The Morgan fingerprint density at radius 1 is 1.02 bits per heavy atom. The molecule has 10 heteroatoms. The van der Waals surface area contributed by atoms with Crippen LogP contribution < -0.4 is 16.4 Å². The largest absolute Gasteiger partial charge is 0.342 e. The molecule has 0 unspecified atom stereocenters. The fraction of sp³-hybridized carbons (Fsp3) is 0.500. The van der Waals surface area contributed by atoms with Gasteiger partial charge in [0.15, 0.2) is 0 Å². The number of benzene rings is 2. The predicted molar refractivity (Wildman–Crippen MR) is 164 cm³/mol. The molecule has 2 atom stereocenters. The molecule has 0 aromatic heterocycles. The molecular weight excluding hydrogens is 554 g/mol. The van der Waals surface area contributed by atoms with Crippen molar-refractivity contribution >= 4 is 40.9 Å². The topological polar surface area (TPSA) is 125 Å². The first-order chi connectivity index (χ1) is 19.9. The Hall–Kier alpha value is -3.43. The minimum atomic E-state index is -0.892. The van der Waals surface area contributed by atoms with Crippen LogP contribution in [0.5, 0.6) is 0 Å². The summed E-state index contributed by atoms with van der Waals surface area (Å²) in [5.74, 6) is -0.688. The van der Waals surface area contributed by atoms with Crippen molar-refractivity contribution < 1.29 is 19.2 Å². The van der Waals surface area contributed by atoms with Crippen molar-refractivity contribution in [3.05, 3.63) is 64.2 Å². The molecule has 1 saturated heterocycles. The maximum absolute atomic E-state index is 13.7. The van der Waals surface area contributed by atoms with Gasteiger partial charge in [0, 0.05) is 49.6 Å². The lowest BCUT2D eigenvalue weighted by Crippen LogP contribution is -2.56. The molecule has 2 aliphatic rings. The number of rotatable bonds is 9. The summed E-state index contributed by atoms with van der Waals surface area (Å²) in [5, 5.41) is 6.26. The first-order valence-electron chi connectivity index (χ1n) is 14.6.